The molecule has 0 atom stereocenters. The van der Waals surface area contributed by atoms with Crippen molar-refractivity contribution in [2.45, 2.75) is 13.3 Å². The van der Waals surface area contributed by atoms with Crippen molar-refractivity contribution in [2.75, 3.05) is 0 Å². The standard InChI is InChI=1S/C12H10Cl2N2/c1-8-15-10(7-12(14)16-8)6-9-4-2-3-5-11(9)13/h2-5,7H,6H2,1H3. The third kappa shape index (κ3) is 2.71. The summed E-state index contributed by atoms with van der Waals surface area (Å²) in [6.07, 6.45) is 0.669. The molecule has 0 N–H and O–H groups in total. The predicted octanol–water partition coefficient (Wildman–Crippen LogP) is 3.68. The average Bonchev–Trinajstić information content (AvgIpc) is 2.20. The second-order valence-electron chi connectivity index (χ2n) is 3.50. The maximum Gasteiger partial charge on any atom is 0.133 e. The average molecular weight is 253 g/mol. The lowest BCUT2D eigenvalue weighted by atomic mass is 10.1. The molecule has 0 aliphatic rings. The molecule has 1 heterocycles. The van der Waals surface area contributed by atoms with Crippen molar-refractivity contribution in [3.8, 4) is 0 Å². The molecule has 1 aromatic carbocycles. The largest absolute Gasteiger partial charge is 0.238 e. The molecule has 0 unspecified atom stereocenters. The lowest BCUT2D eigenvalue weighted by molar-refractivity contribution is 0.968. The maximum absolute atomic E-state index is 6.08. The van der Waals surface area contributed by atoms with Gasteiger partial charge in [-0.3, -0.25) is 0 Å². The van der Waals surface area contributed by atoms with E-state index in [1.54, 1.807) is 6.07 Å². The van der Waals surface area contributed by atoms with Crippen molar-refractivity contribution >= 4 is 23.2 Å². The number of benzene rings is 1. The molecule has 0 amide bonds. The third-order valence-corrected chi connectivity index (χ3v) is 2.75. The highest BCUT2D eigenvalue weighted by molar-refractivity contribution is 6.31. The summed E-state index contributed by atoms with van der Waals surface area (Å²) in [5.41, 5.74) is 1.92. The van der Waals surface area contributed by atoms with Crippen molar-refractivity contribution in [1.29, 1.82) is 0 Å². The molecule has 0 saturated carbocycles. The summed E-state index contributed by atoms with van der Waals surface area (Å²) in [5.74, 6) is 0.676. The minimum atomic E-state index is 0.467. The third-order valence-electron chi connectivity index (χ3n) is 2.19. The molecule has 82 valence electrons. The zero-order valence-corrected chi connectivity index (χ0v) is 10.3. The van der Waals surface area contributed by atoms with Crippen LogP contribution in [-0.4, -0.2) is 9.97 Å². The van der Waals surface area contributed by atoms with Gasteiger partial charge in [0.2, 0.25) is 0 Å². The summed E-state index contributed by atoms with van der Waals surface area (Å²) in [7, 11) is 0. The van der Waals surface area contributed by atoms with Crippen LogP contribution >= 0.6 is 23.2 Å². The van der Waals surface area contributed by atoms with E-state index in [0.29, 0.717) is 17.4 Å². The van der Waals surface area contributed by atoms with Gasteiger partial charge in [0.1, 0.15) is 11.0 Å². The van der Waals surface area contributed by atoms with Crippen LogP contribution in [0.15, 0.2) is 30.3 Å². The molecular weight excluding hydrogens is 243 g/mol. The molecule has 1 aromatic heterocycles. The molecule has 0 radical (unpaired) electrons. The van der Waals surface area contributed by atoms with Gasteiger partial charge in [-0.1, -0.05) is 41.4 Å². The van der Waals surface area contributed by atoms with Crippen LogP contribution < -0.4 is 0 Å². The van der Waals surface area contributed by atoms with E-state index >= 15 is 0 Å². The number of rotatable bonds is 2. The molecule has 16 heavy (non-hydrogen) atoms. The fourth-order valence-corrected chi connectivity index (χ4v) is 1.97. The Kier molecular flexibility index (Phi) is 3.42. The highest BCUT2D eigenvalue weighted by Crippen LogP contribution is 2.19. The normalized spacial score (nSPS) is 10.4. The van der Waals surface area contributed by atoms with E-state index in [2.05, 4.69) is 9.97 Å². The smallest absolute Gasteiger partial charge is 0.133 e. The van der Waals surface area contributed by atoms with Crippen molar-refractivity contribution in [3.05, 3.63) is 57.6 Å². The molecule has 0 spiro atoms. The molecule has 0 aliphatic carbocycles. The monoisotopic (exact) mass is 252 g/mol. The highest BCUT2D eigenvalue weighted by Gasteiger charge is 2.04. The molecule has 0 saturated heterocycles. The zero-order valence-electron chi connectivity index (χ0n) is 8.74. The van der Waals surface area contributed by atoms with Crippen molar-refractivity contribution in [3.63, 3.8) is 0 Å². The summed E-state index contributed by atoms with van der Waals surface area (Å²) in [6.45, 7) is 1.82. The van der Waals surface area contributed by atoms with E-state index in [4.69, 9.17) is 23.2 Å². The van der Waals surface area contributed by atoms with Gasteiger partial charge in [0, 0.05) is 11.4 Å². The fourth-order valence-electron chi connectivity index (χ4n) is 1.52. The Morgan fingerprint density at radius 3 is 2.56 bits per heavy atom. The summed E-state index contributed by atoms with van der Waals surface area (Å²) < 4.78 is 0. The van der Waals surface area contributed by atoms with Crippen molar-refractivity contribution in [2.24, 2.45) is 0 Å². The number of hydrogen-bond acceptors (Lipinski definition) is 2. The highest BCUT2D eigenvalue weighted by atomic mass is 35.5. The van der Waals surface area contributed by atoms with Crippen LogP contribution in [0, 0.1) is 6.92 Å². The van der Waals surface area contributed by atoms with Gasteiger partial charge in [-0.25, -0.2) is 9.97 Å². The Bertz CT molecular complexity index is 492. The van der Waals surface area contributed by atoms with Crippen LogP contribution in [0.4, 0.5) is 0 Å². The van der Waals surface area contributed by atoms with Gasteiger partial charge < -0.3 is 0 Å². The van der Waals surface area contributed by atoms with E-state index in [9.17, 15) is 0 Å². The molecular formula is C12H10Cl2N2. The topological polar surface area (TPSA) is 25.8 Å². The second kappa shape index (κ2) is 4.81. The van der Waals surface area contributed by atoms with Gasteiger partial charge in [0.15, 0.2) is 0 Å². The Hall–Kier alpha value is -1.12. The number of nitrogens with zero attached hydrogens (tertiary/aromatic N) is 2. The first-order chi connectivity index (χ1) is 7.65. The molecule has 0 bridgehead atoms. The minimum absolute atomic E-state index is 0.467. The predicted molar refractivity (Wildman–Crippen MR) is 66.0 cm³/mol. The van der Waals surface area contributed by atoms with Crippen LogP contribution in [0.1, 0.15) is 17.1 Å². The van der Waals surface area contributed by atoms with E-state index in [1.165, 1.54) is 0 Å². The van der Waals surface area contributed by atoms with Gasteiger partial charge in [-0.05, 0) is 24.6 Å². The summed E-state index contributed by atoms with van der Waals surface area (Å²) in [5, 5.41) is 1.21. The van der Waals surface area contributed by atoms with E-state index in [0.717, 1.165) is 16.3 Å². The zero-order chi connectivity index (χ0) is 11.5. The number of aryl methyl sites for hydroxylation is 1. The molecule has 0 fully saturated rings. The molecule has 0 aliphatic heterocycles. The summed E-state index contributed by atoms with van der Waals surface area (Å²) in [6, 6.07) is 9.47. The van der Waals surface area contributed by atoms with Crippen LogP contribution in [0.5, 0.6) is 0 Å². The first kappa shape index (κ1) is 11.4. The Morgan fingerprint density at radius 2 is 1.88 bits per heavy atom. The fraction of sp³-hybridized carbons (Fsp3) is 0.167. The van der Waals surface area contributed by atoms with Gasteiger partial charge in [-0.15, -0.1) is 0 Å². The van der Waals surface area contributed by atoms with Crippen molar-refractivity contribution in [1.82, 2.24) is 9.97 Å². The number of halogens is 2. The first-order valence-electron chi connectivity index (χ1n) is 4.88. The molecule has 4 heteroatoms. The Balaban J connectivity index is 2.30. The maximum atomic E-state index is 6.08. The van der Waals surface area contributed by atoms with E-state index in [1.807, 2.05) is 31.2 Å². The van der Waals surface area contributed by atoms with E-state index < -0.39 is 0 Å². The summed E-state index contributed by atoms with van der Waals surface area (Å²) in [4.78, 5) is 8.34. The van der Waals surface area contributed by atoms with Crippen LogP contribution in [0.2, 0.25) is 10.2 Å². The lowest BCUT2D eigenvalue weighted by Crippen LogP contribution is -1.97. The number of hydrogen-bond donors (Lipinski definition) is 0. The first-order valence-corrected chi connectivity index (χ1v) is 5.64. The lowest BCUT2D eigenvalue weighted by Gasteiger charge is -2.04. The quantitative estimate of drug-likeness (QED) is 0.763. The van der Waals surface area contributed by atoms with Gasteiger partial charge >= 0.3 is 0 Å². The van der Waals surface area contributed by atoms with Crippen molar-refractivity contribution < 1.29 is 0 Å². The minimum Gasteiger partial charge on any atom is -0.238 e. The summed E-state index contributed by atoms with van der Waals surface area (Å²) >= 11 is 11.9. The Labute approximate surface area is 104 Å². The Morgan fingerprint density at radius 1 is 1.12 bits per heavy atom. The number of aromatic nitrogens is 2. The van der Waals surface area contributed by atoms with Gasteiger partial charge in [-0.2, -0.15) is 0 Å². The van der Waals surface area contributed by atoms with Gasteiger partial charge in [0.05, 0.1) is 5.69 Å². The van der Waals surface area contributed by atoms with Crippen LogP contribution in [-0.2, 0) is 6.42 Å². The van der Waals surface area contributed by atoms with E-state index in [-0.39, 0.29) is 0 Å². The van der Waals surface area contributed by atoms with Crippen LogP contribution in [0.3, 0.4) is 0 Å². The van der Waals surface area contributed by atoms with Crippen LogP contribution in [0.25, 0.3) is 0 Å². The van der Waals surface area contributed by atoms with Gasteiger partial charge in [0.25, 0.3) is 0 Å². The molecule has 2 nitrogen and oxygen atoms in total. The second-order valence-corrected chi connectivity index (χ2v) is 4.29. The molecule has 2 rings (SSSR count). The SMILES string of the molecule is Cc1nc(Cl)cc(Cc2ccccc2Cl)n1. The molecule has 2 aromatic rings.